The molecule has 2 aromatic heterocycles. The van der Waals surface area contributed by atoms with Gasteiger partial charge in [-0.1, -0.05) is 0 Å². The molecule has 0 amide bonds. The number of furan rings is 1. The van der Waals surface area contributed by atoms with Gasteiger partial charge in [-0.25, -0.2) is 9.97 Å². The van der Waals surface area contributed by atoms with Crippen molar-refractivity contribution in [1.29, 1.82) is 5.26 Å². The minimum Gasteiger partial charge on any atom is -0.464 e. The highest BCUT2D eigenvalue weighted by molar-refractivity contribution is 5.35. The third kappa shape index (κ3) is 2.66. The van der Waals surface area contributed by atoms with E-state index in [1.807, 2.05) is 44.0 Å². The Balaban J connectivity index is 2.21. The first kappa shape index (κ1) is 12.1. The summed E-state index contributed by atoms with van der Waals surface area (Å²) >= 11 is 0. The Hall–Kier alpha value is -2.35. The summed E-state index contributed by atoms with van der Waals surface area (Å²) in [5.74, 6) is 2.25. The fourth-order valence-electron chi connectivity index (χ4n) is 1.66. The summed E-state index contributed by atoms with van der Waals surface area (Å²) < 4.78 is 5.50. The molecule has 2 aromatic rings. The van der Waals surface area contributed by atoms with Gasteiger partial charge in [-0.05, 0) is 32.0 Å². The van der Waals surface area contributed by atoms with Crippen molar-refractivity contribution in [2.24, 2.45) is 0 Å². The van der Waals surface area contributed by atoms with E-state index in [9.17, 15) is 0 Å². The summed E-state index contributed by atoms with van der Waals surface area (Å²) in [6.45, 7) is 4.32. The molecule has 0 bridgehead atoms. The highest BCUT2D eigenvalue weighted by atomic mass is 16.3. The fourth-order valence-corrected chi connectivity index (χ4v) is 1.66. The number of aryl methyl sites for hydroxylation is 2. The maximum absolute atomic E-state index is 8.88. The van der Waals surface area contributed by atoms with Crippen molar-refractivity contribution in [3.05, 3.63) is 41.1 Å². The lowest BCUT2D eigenvalue weighted by molar-refractivity contribution is 0.480. The van der Waals surface area contributed by atoms with Crippen LogP contribution in [-0.4, -0.2) is 17.0 Å². The molecule has 92 valence electrons. The van der Waals surface area contributed by atoms with Gasteiger partial charge in [0.25, 0.3) is 0 Å². The van der Waals surface area contributed by atoms with E-state index < -0.39 is 0 Å². The van der Waals surface area contributed by atoms with Crippen LogP contribution in [0.3, 0.4) is 0 Å². The Kier molecular flexibility index (Phi) is 3.28. The zero-order valence-corrected chi connectivity index (χ0v) is 10.6. The van der Waals surface area contributed by atoms with Crippen molar-refractivity contribution in [3.63, 3.8) is 0 Å². The maximum Gasteiger partial charge on any atom is 0.226 e. The number of anilines is 1. The van der Waals surface area contributed by atoms with Gasteiger partial charge in [0.2, 0.25) is 5.95 Å². The topological polar surface area (TPSA) is 66.0 Å². The van der Waals surface area contributed by atoms with Crippen molar-refractivity contribution in [2.75, 3.05) is 11.9 Å². The number of nitrogens with zero attached hydrogens (tertiary/aromatic N) is 4. The van der Waals surface area contributed by atoms with Crippen LogP contribution in [-0.2, 0) is 6.54 Å². The minimum absolute atomic E-state index is 0.375. The summed E-state index contributed by atoms with van der Waals surface area (Å²) in [5, 5.41) is 8.88. The van der Waals surface area contributed by atoms with Crippen molar-refractivity contribution in [1.82, 2.24) is 9.97 Å². The first-order valence-corrected chi connectivity index (χ1v) is 5.60. The van der Waals surface area contributed by atoms with Gasteiger partial charge in [0.05, 0.1) is 6.54 Å². The average Bonchev–Trinajstić information content (AvgIpc) is 2.73. The molecule has 2 rings (SSSR count). The number of hydrogen-bond donors (Lipinski definition) is 0. The summed E-state index contributed by atoms with van der Waals surface area (Å²) in [4.78, 5) is 10.3. The van der Waals surface area contributed by atoms with Gasteiger partial charge >= 0.3 is 0 Å². The zero-order chi connectivity index (χ0) is 13.1. The van der Waals surface area contributed by atoms with Gasteiger partial charge in [0.1, 0.15) is 23.3 Å². The molecule has 0 fully saturated rings. The Morgan fingerprint density at radius 1 is 1.33 bits per heavy atom. The van der Waals surface area contributed by atoms with E-state index in [0.29, 0.717) is 18.2 Å². The maximum atomic E-state index is 8.88. The number of aromatic nitrogens is 2. The lowest BCUT2D eigenvalue weighted by atomic mass is 10.3. The molecule has 5 nitrogen and oxygen atoms in total. The van der Waals surface area contributed by atoms with E-state index in [1.54, 1.807) is 6.07 Å². The van der Waals surface area contributed by atoms with E-state index >= 15 is 0 Å². The molecule has 0 aromatic carbocycles. The third-order valence-electron chi connectivity index (χ3n) is 2.49. The Labute approximate surface area is 106 Å². The molecule has 0 saturated carbocycles. The second kappa shape index (κ2) is 4.88. The highest BCUT2D eigenvalue weighted by Gasteiger charge is 2.09. The monoisotopic (exact) mass is 242 g/mol. The van der Waals surface area contributed by atoms with Crippen molar-refractivity contribution >= 4 is 5.95 Å². The summed E-state index contributed by atoms with van der Waals surface area (Å²) in [6.07, 6.45) is 0. The standard InChI is InChI=1S/C13H14N4O/c1-9-6-11(7-14)16-13(15-9)17(3)8-12-5-4-10(2)18-12/h4-6H,8H2,1-3H3. The van der Waals surface area contributed by atoms with Crippen molar-refractivity contribution < 1.29 is 4.42 Å². The van der Waals surface area contributed by atoms with E-state index in [0.717, 1.165) is 17.2 Å². The molecule has 0 radical (unpaired) electrons. The zero-order valence-electron chi connectivity index (χ0n) is 10.6. The van der Waals surface area contributed by atoms with Crippen LogP contribution >= 0.6 is 0 Å². The number of nitriles is 1. The first-order chi connectivity index (χ1) is 8.58. The van der Waals surface area contributed by atoms with E-state index in [-0.39, 0.29) is 0 Å². The predicted octanol–water partition coefficient (Wildman–Crippen LogP) is 2.19. The molecule has 18 heavy (non-hydrogen) atoms. The van der Waals surface area contributed by atoms with Crippen molar-refractivity contribution in [2.45, 2.75) is 20.4 Å². The van der Waals surface area contributed by atoms with Gasteiger partial charge < -0.3 is 9.32 Å². The van der Waals surface area contributed by atoms with Crippen LogP contribution < -0.4 is 4.90 Å². The molecule has 5 heteroatoms. The van der Waals surface area contributed by atoms with Crippen LogP contribution in [0.15, 0.2) is 22.6 Å². The smallest absolute Gasteiger partial charge is 0.226 e. The molecular formula is C13H14N4O. The normalized spacial score (nSPS) is 10.1. The fraction of sp³-hybridized carbons (Fsp3) is 0.308. The Bertz CT molecular complexity index is 597. The molecule has 0 spiro atoms. The molecular weight excluding hydrogens is 228 g/mol. The van der Waals surface area contributed by atoms with Gasteiger partial charge in [-0.2, -0.15) is 5.26 Å². The number of hydrogen-bond acceptors (Lipinski definition) is 5. The lowest BCUT2D eigenvalue weighted by Crippen LogP contribution is -2.19. The lowest BCUT2D eigenvalue weighted by Gasteiger charge is -2.15. The van der Waals surface area contributed by atoms with Crippen LogP contribution in [0.25, 0.3) is 0 Å². The van der Waals surface area contributed by atoms with Gasteiger partial charge in [0, 0.05) is 12.7 Å². The van der Waals surface area contributed by atoms with Crippen LogP contribution in [0, 0.1) is 25.2 Å². The molecule has 0 N–H and O–H groups in total. The quantitative estimate of drug-likeness (QED) is 0.825. The van der Waals surface area contributed by atoms with Crippen molar-refractivity contribution in [3.8, 4) is 6.07 Å². The molecule has 0 aliphatic rings. The van der Waals surface area contributed by atoms with E-state index in [4.69, 9.17) is 9.68 Å². The second-order valence-corrected chi connectivity index (χ2v) is 4.17. The van der Waals surface area contributed by atoms with Gasteiger partial charge in [0.15, 0.2) is 0 Å². The van der Waals surface area contributed by atoms with Crippen LogP contribution in [0.2, 0.25) is 0 Å². The predicted molar refractivity (Wildman–Crippen MR) is 67.0 cm³/mol. The second-order valence-electron chi connectivity index (χ2n) is 4.17. The summed E-state index contributed by atoms with van der Waals surface area (Å²) in [7, 11) is 1.87. The molecule has 0 aliphatic carbocycles. The van der Waals surface area contributed by atoms with Gasteiger partial charge in [-0.3, -0.25) is 0 Å². The van der Waals surface area contributed by atoms with Crippen LogP contribution in [0.4, 0.5) is 5.95 Å². The molecule has 0 aliphatic heterocycles. The summed E-state index contributed by atoms with van der Waals surface area (Å²) in [5.41, 5.74) is 1.15. The van der Waals surface area contributed by atoms with Gasteiger partial charge in [-0.15, -0.1) is 0 Å². The first-order valence-electron chi connectivity index (χ1n) is 5.60. The molecule has 2 heterocycles. The highest BCUT2D eigenvalue weighted by Crippen LogP contribution is 2.14. The third-order valence-corrected chi connectivity index (χ3v) is 2.49. The minimum atomic E-state index is 0.375. The largest absolute Gasteiger partial charge is 0.464 e. The molecule has 0 atom stereocenters. The number of rotatable bonds is 3. The van der Waals surface area contributed by atoms with E-state index in [1.165, 1.54) is 0 Å². The average molecular weight is 242 g/mol. The summed E-state index contributed by atoms with van der Waals surface area (Å²) in [6, 6.07) is 7.53. The molecule has 0 unspecified atom stereocenters. The molecule has 0 saturated heterocycles. The SMILES string of the molecule is Cc1cc(C#N)nc(N(C)Cc2ccc(C)o2)n1. The Morgan fingerprint density at radius 2 is 2.11 bits per heavy atom. The Morgan fingerprint density at radius 3 is 2.72 bits per heavy atom. The van der Waals surface area contributed by atoms with E-state index in [2.05, 4.69) is 9.97 Å². The van der Waals surface area contributed by atoms with Crippen LogP contribution in [0.1, 0.15) is 22.9 Å². The van der Waals surface area contributed by atoms with Crippen LogP contribution in [0.5, 0.6) is 0 Å².